The highest BCUT2D eigenvalue weighted by atomic mass is 35.5. The predicted octanol–water partition coefficient (Wildman–Crippen LogP) is 1.16. The predicted molar refractivity (Wildman–Crippen MR) is 69.0 cm³/mol. The van der Waals surface area contributed by atoms with Crippen molar-refractivity contribution in [3.05, 3.63) is 35.4 Å². The van der Waals surface area contributed by atoms with Crippen LogP contribution in [0.2, 0.25) is 5.02 Å². The number of aliphatic hydroxyl groups is 1. The molecule has 7 heteroatoms. The molecular weight excluding hydrogens is 276 g/mol. The van der Waals surface area contributed by atoms with E-state index in [-0.39, 0.29) is 18.2 Å². The largest absolute Gasteiger partial charge is 0.395 e. The van der Waals surface area contributed by atoms with Crippen LogP contribution < -0.4 is 4.72 Å². The first-order valence-corrected chi connectivity index (χ1v) is 7.06. The van der Waals surface area contributed by atoms with Gasteiger partial charge in [-0.2, -0.15) is 0 Å². The van der Waals surface area contributed by atoms with Gasteiger partial charge in [0.2, 0.25) is 0 Å². The number of hydrogen-bond donors (Lipinski definition) is 2. The second-order valence-corrected chi connectivity index (χ2v) is 5.70. The lowest BCUT2D eigenvalue weighted by atomic mass is 10.2. The van der Waals surface area contributed by atoms with E-state index in [1.165, 1.54) is 6.07 Å². The van der Waals surface area contributed by atoms with E-state index in [4.69, 9.17) is 16.7 Å². The van der Waals surface area contributed by atoms with Gasteiger partial charge in [0.1, 0.15) is 0 Å². The number of benzene rings is 1. The van der Waals surface area contributed by atoms with Crippen molar-refractivity contribution in [1.82, 2.24) is 9.71 Å². The van der Waals surface area contributed by atoms with Gasteiger partial charge < -0.3 is 5.11 Å². The Balaban J connectivity index is 2.50. The number of nitrogens with one attached hydrogen (secondary N) is 1. The van der Waals surface area contributed by atoms with Gasteiger partial charge in [-0.3, -0.25) is 0 Å². The maximum Gasteiger partial charge on any atom is 0.258 e. The Hall–Kier alpha value is -1.21. The summed E-state index contributed by atoms with van der Waals surface area (Å²) in [5, 5.41) is 9.67. The Morgan fingerprint density at radius 3 is 2.78 bits per heavy atom. The number of para-hydroxylation sites is 1. The number of fused-ring (bicyclic) bond motifs is 1. The van der Waals surface area contributed by atoms with Gasteiger partial charge in [-0.1, -0.05) is 23.7 Å². The molecule has 2 N–H and O–H groups in total. The lowest BCUT2D eigenvalue weighted by molar-refractivity contribution is 0.301. The smallest absolute Gasteiger partial charge is 0.258 e. The van der Waals surface area contributed by atoms with Crippen molar-refractivity contribution in [3.63, 3.8) is 0 Å². The van der Waals surface area contributed by atoms with Gasteiger partial charge in [0.15, 0.2) is 5.03 Å². The van der Waals surface area contributed by atoms with E-state index in [9.17, 15) is 8.42 Å². The fourth-order valence-corrected chi connectivity index (χ4v) is 2.69. The highest BCUT2D eigenvalue weighted by Crippen LogP contribution is 2.22. The molecule has 0 spiro atoms. The summed E-state index contributed by atoms with van der Waals surface area (Å²) < 4.78 is 25.9. The molecule has 2 aromatic rings. The van der Waals surface area contributed by atoms with Crippen molar-refractivity contribution in [1.29, 1.82) is 0 Å². The highest BCUT2D eigenvalue weighted by Gasteiger charge is 2.15. The fourth-order valence-electron chi connectivity index (χ4n) is 1.50. The van der Waals surface area contributed by atoms with Crippen LogP contribution in [0.15, 0.2) is 35.4 Å². The molecule has 2 rings (SSSR count). The Kier molecular flexibility index (Phi) is 3.82. The molecule has 0 unspecified atom stereocenters. The molecule has 5 nitrogen and oxygen atoms in total. The third kappa shape index (κ3) is 2.62. The molecule has 0 radical (unpaired) electrons. The molecule has 96 valence electrons. The average Bonchev–Trinajstić information content (AvgIpc) is 2.36. The van der Waals surface area contributed by atoms with Crippen LogP contribution in [0, 0.1) is 0 Å². The highest BCUT2D eigenvalue weighted by molar-refractivity contribution is 7.89. The van der Waals surface area contributed by atoms with Crippen molar-refractivity contribution in [2.24, 2.45) is 0 Å². The molecule has 1 aromatic heterocycles. The van der Waals surface area contributed by atoms with E-state index in [1.54, 1.807) is 24.3 Å². The maximum atomic E-state index is 11.8. The Labute approximate surface area is 109 Å². The zero-order valence-electron chi connectivity index (χ0n) is 9.30. The minimum atomic E-state index is -3.71. The summed E-state index contributed by atoms with van der Waals surface area (Å²) in [4.78, 5) is 4.04. The van der Waals surface area contributed by atoms with Gasteiger partial charge >= 0.3 is 0 Å². The summed E-state index contributed by atoms with van der Waals surface area (Å²) in [7, 11) is -3.71. The van der Waals surface area contributed by atoms with Crippen molar-refractivity contribution in [3.8, 4) is 0 Å². The van der Waals surface area contributed by atoms with Crippen LogP contribution in [0.5, 0.6) is 0 Å². The molecule has 0 aliphatic carbocycles. The van der Waals surface area contributed by atoms with Crippen LogP contribution in [0.4, 0.5) is 0 Å². The Morgan fingerprint density at radius 2 is 2.06 bits per heavy atom. The molecule has 0 aliphatic heterocycles. The van der Waals surface area contributed by atoms with Crippen LogP contribution in [0.1, 0.15) is 0 Å². The van der Waals surface area contributed by atoms with E-state index < -0.39 is 10.0 Å². The molecule has 0 bridgehead atoms. The van der Waals surface area contributed by atoms with Crippen molar-refractivity contribution < 1.29 is 13.5 Å². The molecule has 0 amide bonds. The normalized spacial score (nSPS) is 11.9. The quantitative estimate of drug-likeness (QED) is 0.884. The fraction of sp³-hybridized carbons (Fsp3) is 0.182. The maximum absolute atomic E-state index is 11.8. The van der Waals surface area contributed by atoms with E-state index in [0.29, 0.717) is 10.5 Å². The average molecular weight is 287 g/mol. The number of sulfonamides is 1. The van der Waals surface area contributed by atoms with Crippen LogP contribution in [-0.4, -0.2) is 31.7 Å². The lowest BCUT2D eigenvalue weighted by Gasteiger charge is -2.06. The molecular formula is C11H11ClN2O3S. The van der Waals surface area contributed by atoms with E-state index in [0.717, 1.165) is 5.39 Å². The number of rotatable bonds is 4. The zero-order chi connectivity index (χ0) is 13.2. The summed E-state index contributed by atoms with van der Waals surface area (Å²) in [6.07, 6.45) is 0. The number of aromatic nitrogens is 1. The monoisotopic (exact) mass is 286 g/mol. The van der Waals surface area contributed by atoms with Gasteiger partial charge in [-0.15, -0.1) is 0 Å². The summed E-state index contributed by atoms with van der Waals surface area (Å²) in [6, 6.07) is 8.25. The van der Waals surface area contributed by atoms with Crippen LogP contribution in [-0.2, 0) is 10.0 Å². The summed E-state index contributed by atoms with van der Waals surface area (Å²) in [5.74, 6) is 0. The van der Waals surface area contributed by atoms with Crippen molar-refractivity contribution in [2.75, 3.05) is 13.2 Å². The second kappa shape index (κ2) is 5.19. The zero-order valence-corrected chi connectivity index (χ0v) is 10.9. The molecule has 1 heterocycles. The molecule has 18 heavy (non-hydrogen) atoms. The van der Waals surface area contributed by atoms with Gasteiger partial charge in [0.25, 0.3) is 10.0 Å². The van der Waals surface area contributed by atoms with E-state index in [2.05, 4.69) is 9.71 Å². The second-order valence-electron chi connectivity index (χ2n) is 3.58. The minimum absolute atomic E-state index is 0.0510. The van der Waals surface area contributed by atoms with Gasteiger partial charge in [-0.05, 0) is 18.2 Å². The number of pyridine rings is 1. The lowest BCUT2D eigenvalue weighted by Crippen LogP contribution is -2.27. The number of aliphatic hydroxyl groups excluding tert-OH is 1. The van der Waals surface area contributed by atoms with E-state index >= 15 is 0 Å². The van der Waals surface area contributed by atoms with E-state index in [1.807, 2.05) is 0 Å². The number of hydrogen-bond acceptors (Lipinski definition) is 4. The third-order valence-electron chi connectivity index (χ3n) is 2.32. The number of halogens is 1. The summed E-state index contributed by atoms with van der Waals surface area (Å²) >= 11 is 5.97. The first-order valence-electron chi connectivity index (χ1n) is 5.20. The number of nitrogens with zero attached hydrogens (tertiary/aromatic N) is 1. The topological polar surface area (TPSA) is 79.3 Å². The standard InChI is InChI=1S/C11H11ClN2O3S/c12-9-3-1-2-8-4-5-10(14-11(8)9)18(16,17)13-6-7-15/h1-5,13,15H,6-7H2. The van der Waals surface area contributed by atoms with Crippen LogP contribution in [0.3, 0.4) is 0 Å². The van der Waals surface area contributed by atoms with Gasteiger partial charge in [-0.25, -0.2) is 18.1 Å². The molecule has 0 saturated carbocycles. The molecule has 0 atom stereocenters. The molecule has 0 fully saturated rings. The van der Waals surface area contributed by atoms with Crippen LogP contribution >= 0.6 is 11.6 Å². The molecule has 0 aliphatic rings. The summed E-state index contributed by atoms with van der Waals surface area (Å²) in [5.41, 5.74) is 0.436. The van der Waals surface area contributed by atoms with Gasteiger partial charge in [0, 0.05) is 11.9 Å². The minimum Gasteiger partial charge on any atom is -0.395 e. The third-order valence-corrected chi connectivity index (χ3v) is 3.99. The molecule has 1 aromatic carbocycles. The van der Waals surface area contributed by atoms with Gasteiger partial charge in [0.05, 0.1) is 17.1 Å². The Morgan fingerprint density at radius 1 is 1.28 bits per heavy atom. The first kappa shape index (κ1) is 13.2. The van der Waals surface area contributed by atoms with Crippen LogP contribution in [0.25, 0.3) is 10.9 Å². The molecule has 0 saturated heterocycles. The van der Waals surface area contributed by atoms with Crippen molar-refractivity contribution >= 4 is 32.5 Å². The van der Waals surface area contributed by atoms with Crippen molar-refractivity contribution in [2.45, 2.75) is 5.03 Å². The Bertz CT molecular complexity index is 673. The SMILES string of the molecule is O=S(=O)(NCCO)c1ccc2cccc(Cl)c2n1. The first-order chi connectivity index (χ1) is 8.54. The summed E-state index contributed by atoms with van der Waals surface area (Å²) in [6.45, 7) is -0.321.